The second-order valence-electron chi connectivity index (χ2n) is 8.22. The van der Waals surface area contributed by atoms with Gasteiger partial charge in [0.25, 0.3) is 10.0 Å². The largest absolute Gasteiger partial charge is 0.324 e. The number of nitrogens with one attached hydrogen (secondary N) is 2. The van der Waals surface area contributed by atoms with Gasteiger partial charge in [-0.15, -0.1) is 0 Å². The molecule has 36 heavy (non-hydrogen) atoms. The molecule has 0 radical (unpaired) electrons. The van der Waals surface area contributed by atoms with Gasteiger partial charge in [0.1, 0.15) is 6.04 Å². The molecule has 192 valence electrons. The van der Waals surface area contributed by atoms with Crippen molar-refractivity contribution in [2.24, 2.45) is 0 Å². The third-order valence-electron chi connectivity index (χ3n) is 5.46. The molecule has 0 aliphatic carbocycles. The Morgan fingerprint density at radius 2 is 1.56 bits per heavy atom. The Labute approximate surface area is 221 Å². The first-order chi connectivity index (χ1) is 16.7. The smallest absolute Gasteiger partial charge is 0.261 e. The van der Waals surface area contributed by atoms with Crippen LogP contribution in [0.5, 0.6) is 0 Å². The minimum absolute atomic E-state index is 0.0693. The molecule has 1 amide bonds. The number of halogens is 2. The van der Waals surface area contributed by atoms with Crippen molar-refractivity contribution in [2.75, 3.05) is 20.6 Å². The van der Waals surface area contributed by atoms with E-state index in [1.807, 2.05) is 13.8 Å². The van der Waals surface area contributed by atoms with Crippen LogP contribution < -0.4 is 14.3 Å². The second-order valence-corrected chi connectivity index (χ2v) is 12.6. The fraction of sp³-hybridized carbons (Fsp3) is 0.208. The summed E-state index contributed by atoms with van der Waals surface area (Å²) in [5.74, 6) is -0.585. The predicted octanol–water partition coefficient (Wildman–Crippen LogP) is 5.20. The molecule has 2 N–H and O–H groups in total. The molecular weight excluding hydrogens is 545 g/mol. The van der Waals surface area contributed by atoms with E-state index in [4.69, 9.17) is 23.2 Å². The second kappa shape index (κ2) is 10.7. The van der Waals surface area contributed by atoms with Crippen LogP contribution in [0.2, 0.25) is 10.0 Å². The number of sulfonamides is 2. The van der Waals surface area contributed by atoms with Crippen molar-refractivity contribution in [3.05, 3.63) is 81.8 Å². The molecular formula is C24H25Cl2N3O5S2. The molecule has 0 unspecified atom stereocenters. The number of nitrogens with zero attached hydrogens (tertiary/aromatic N) is 1. The summed E-state index contributed by atoms with van der Waals surface area (Å²) in [7, 11) is -7.77. The van der Waals surface area contributed by atoms with Crippen molar-refractivity contribution in [1.29, 1.82) is 0 Å². The SMILES string of the molecule is Cc1ccc(N([C@@H](C)C(=O)Nc2ccc(S(=O)(=O)Nc3cccc(Cl)c3Cl)cc2)S(C)(=O)=O)cc1C. The molecule has 0 saturated heterocycles. The maximum absolute atomic E-state index is 12.9. The van der Waals surface area contributed by atoms with Crippen LogP contribution in [0.25, 0.3) is 0 Å². The molecule has 3 rings (SSSR count). The highest BCUT2D eigenvalue weighted by Gasteiger charge is 2.29. The molecule has 0 fully saturated rings. The molecule has 8 nitrogen and oxygen atoms in total. The topological polar surface area (TPSA) is 113 Å². The van der Waals surface area contributed by atoms with Crippen molar-refractivity contribution < 1.29 is 21.6 Å². The fourth-order valence-electron chi connectivity index (χ4n) is 3.42. The number of amides is 1. The molecule has 0 aromatic heterocycles. The fourth-order valence-corrected chi connectivity index (χ4v) is 6.06. The first-order valence-electron chi connectivity index (χ1n) is 10.6. The van der Waals surface area contributed by atoms with Gasteiger partial charge in [-0.2, -0.15) is 0 Å². The molecule has 1 atom stereocenters. The Balaban J connectivity index is 1.79. The van der Waals surface area contributed by atoms with Crippen LogP contribution in [0.3, 0.4) is 0 Å². The van der Waals surface area contributed by atoms with E-state index in [1.54, 1.807) is 24.3 Å². The first kappa shape index (κ1) is 27.8. The molecule has 3 aromatic rings. The average Bonchev–Trinajstić information content (AvgIpc) is 2.78. The van der Waals surface area contributed by atoms with Gasteiger partial charge >= 0.3 is 0 Å². The standard InChI is InChI=1S/C24H25Cl2N3O5S2/c1-15-8-11-19(14-16(15)2)29(35(4,31)32)17(3)24(30)27-18-9-12-20(13-10-18)36(33,34)28-22-7-5-6-21(25)23(22)26/h5-14,17,28H,1-4H3,(H,27,30)/t17-/m0/s1. The zero-order valence-corrected chi connectivity index (χ0v) is 23.1. The zero-order valence-electron chi connectivity index (χ0n) is 19.9. The van der Waals surface area contributed by atoms with Crippen LogP contribution in [-0.4, -0.2) is 35.0 Å². The number of rotatable bonds is 8. The highest BCUT2D eigenvalue weighted by Crippen LogP contribution is 2.31. The molecule has 0 aliphatic rings. The lowest BCUT2D eigenvalue weighted by Gasteiger charge is -2.28. The van der Waals surface area contributed by atoms with Crippen molar-refractivity contribution in [1.82, 2.24) is 0 Å². The quantitative estimate of drug-likeness (QED) is 0.387. The van der Waals surface area contributed by atoms with Gasteiger partial charge in [-0.25, -0.2) is 16.8 Å². The highest BCUT2D eigenvalue weighted by atomic mass is 35.5. The van der Waals surface area contributed by atoms with Crippen LogP contribution in [0.1, 0.15) is 18.1 Å². The monoisotopic (exact) mass is 569 g/mol. The minimum Gasteiger partial charge on any atom is -0.324 e. The van der Waals surface area contributed by atoms with Crippen molar-refractivity contribution in [2.45, 2.75) is 31.7 Å². The number of benzene rings is 3. The predicted molar refractivity (Wildman–Crippen MR) is 145 cm³/mol. The van der Waals surface area contributed by atoms with E-state index < -0.39 is 32.0 Å². The van der Waals surface area contributed by atoms with Gasteiger partial charge < -0.3 is 5.32 Å². The van der Waals surface area contributed by atoms with E-state index in [0.717, 1.165) is 21.7 Å². The summed E-state index contributed by atoms with van der Waals surface area (Å²) in [4.78, 5) is 12.9. The molecule has 0 saturated carbocycles. The molecule has 12 heteroatoms. The van der Waals surface area contributed by atoms with Gasteiger partial charge in [0, 0.05) is 5.69 Å². The maximum atomic E-state index is 12.9. The Morgan fingerprint density at radius 3 is 2.14 bits per heavy atom. The Morgan fingerprint density at radius 1 is 0.917 bits per heavy atom. The van der Waals surface area contributed by atoms with E-state index in [9.17, 15) is 21.6 Å². The lowest BCUT2D eigenvalue weighted by atomic mass is 10.1. The number of anilines is 3. The summed E-state index contributed by atoms with van der Waals surface area (Å²) >= 11 is 12.0. The van der Waals surface area contributed by atoms with E-state index in [0.29, 0.717) is 11.4 Å². The third-order valence-corrected chi connectivity index (χ3v) is 8.90. The molecule has 0 heterocycles. The number of aryl methyl sites for hydroxylation is 2. The summed E-state index contributed by atoms with van der Waals surface area (Å²) in [6, 6.07) is 14.1. The molecule has 0 spiro atoms. The molecule has 0 aliphatic heterocycles. The van der Waals surface area contributed by atoms with Gasteiger partial charge in [-0.1, -0.05) is 35.3 Å². The van der Waals surface area contributed by atoms with Gasteiger partial charge in [-0.05, 0) is 80.4 Å². The normalized spacial score (nSPS) is 12.6. The van der Waals surface area contributed by atoms with Crippen LogP contribution in [-0.2, 0) is 24.8 Å². The number of hydrogen-bond donors (Lipinski definition) is 2. The number of carbonyl (C=O) groups excluding carboxylic acids is 1. The van der Waals surface area contributed by atoms with Gasteiger partial charge in [0.15, 0.2) is 0 Å². The van der Waals surface area contributed by atoms with E-state index in [2.05, 4.69) is 10.0 Å². The maximum Gasteiger partial charge on any atom is 0.261 e. The number of hydrogen-bond acceptors (Lipinski definition) is 5. The zero-order chi connectivity index (χ0) is 26.8. The number of carbonyl (C=O) groups is 1. The third kappa shape index (κ3) is 6.31. The van der Waals surface area contributed by atoms with Crippen LogP contribution >= 0.6 is 23.2 Å². The summed E-state index contributed by atoms with van der Waals surface area (Å²) in [6.07, 6.45) is 1.03. The highest BCUT2D eigenvalue weighted by molar-refractivity contribution is 7.92. The van der Waals surface area contributed by atoms with Crippen molar-refractivity contribution in [3.8, 4) is 0 Å². The van der Waals surface area contributed by atoms with E-state index in [1.165, 1.54) is 43.3 Å². The minimum atomic E-state index is -3.98. The van der Waals surface area contributed by atoms with Crippen molar-refractivity contribution >= 4 is 66.2 Å². The lowest BCUT2D eigenvalue weighted by molar-refractivity contribution is -0.116. The van der Waals surface area contributed by atoms with Crippen LogP contribution in [0.4, 0.5) is 17.1 Å². The summed E-state index contributed by atoms with van der Waals surface area (Å²) < 4.78 is 54.0. The van der Waals surface area contributed by atoms with E-state index >= 15 is 0 Å². The van der Waals surface area contributed by atoms with Crippen molar-refractivity contribution in [3.63, 3.8) is 0 Å². The molecule has 0 bridgehead atoms. The Hall–Kier alpha value is -2.79. The van der Waals surface area contributed by atoms with Crippen LogP contribution in [0.15, 0.2) is 65.6 Å². The first-order valence-corrected chi connectivity index (χ1v) is 14.7. The summed E-state index contributed by atoms with van der Waals surface area (Å²) in [5, 5.41) is 2.91. The summed E-state index contributed by atoms with van der Waals surface area (Å²) in [6.45, 7) is 5.24. The summed E-state index contributed by atoms with van der Waals surface area (Å²) in [5.41, 5.74) is 2.67. The Kier molecular flexibility index (Phi) is 8.24. The Bertz CT molecular complexity index is 1510. The van der Waals surface area contributed by atoms with Gasteiger partial charge in [0.2, 0.25) is 15.9 Å². The molecule has 3 aromatic carbocycles. The van der Waals surface area contributed by atoms with Gasteiger partial charge in [-0.3, -0.25) is 13.8 Å². The lowest BCUT2D eigenvalue weighted by Crippen LogP contribution is -2.45. The average molecular weight is 571 g/mol. The van der Waals surface area contributed by atoms with E-state index in [-0.39, 0.29) is 20.6 Å². The van der Waals surface area contributed by atoms with Gasteiger partial charge in [0.05, 0.1) is 32.6 Å². The van der Waals surface area contributed by atoms with Crippen LogP contribution in [0, 0.1) is 13.8 Å².